The molecule has 3 heterocycles. The van der Waals surface area contributed by atoms with Crippen LogP contribution in [0.3, 0.4) is 0 Å². The summed E-state index contributed by atoms with van der Waals surface area (Å²) >= 11 is 0. The molecule has 134 valence electrons. The number of hydrogen-bond acceptors (Lipinski definition) is 9. The minimum atomic E-state index is -1.26. The maximum Gasteiger partial charge on any atom is 0.187 e. The molecule has 4 unspecified atom stereocenters. The van der Waals surface area contributed by atoms with Crippen LogP contribution in [-0.4, -0.2) is 102 Å². The zero-order valence-corrected chi connectivity index (χ0v) is 13.0. The van der Waals surface area contributed by atoms with Crippen LogP contribution in [0.2, 0.25) is 0 Å². The summed E-state index contributed by atoms with van der Waals surface area (Å²) in [7, 11) is 1.34. The lowest BCUT2D eigenvalue weighted by Crippen LogP contribution is -2.62. The van der Waals surface area contributed by atoms with Crippen LogP contribution >= 0.6 is 0 Å². The van der Waals surface area contributed by atoms with E-state index in [1.54, 1.807) is 6.92 Å². The molecule has 0 saturated carbocycles. The van der Waals surface area contributed by atoms with Crippen LogP contribution in [0.5, 0.6) is 0 Å². The van der Waals surface area contributed by atoms with Crippen molar-refractivity contribution in [1.29, 1.82) is 0 Å². The molecule has 0 aromatic heterocycles. The van der Waals surface area contributed by atoms with Crippen LogP contribution in [0.25, 0.3) is 0 Å². The van der Waals surface area contributed by atoms with Gasteiger partial charge in [-0.2, -0.15) is 0 Å². The average Bonchev–Trinajstić information content (AvgIpc) is 2.84. The molecule has 3 rings (SSSR count). The van der Waals surface area contributed by atoms with Crippen molar-refractivity contribution < 1.29 is 44.1 Å². The highest BCUT2D eigenvalue weighted by Gasteiger charge is 2.53. The van der Waals surface area contributed by atoms with Crippen molar-refractivity contribution in [2.45, 2.75) is 68.1 Å². The molecule has 2 bridgehead atoms. The Morgan fingerprint density at radius 1 is 1.04 bits per heavy atom. The van der Waals surface area contributed by atoms with E-state index in [-0.39, 0.29) is 18.8 Å². The summed E-state index contributed by atoms with van der Waals surface area (Å²) in [6.07, 6.45) is -8.28. The molecular weight excluding hydrogens is 312 g/mol. The molecule has 10 atom stereocenters. The third kappa shape index (κ3) is 3.01. The molecule has 3 fully saturated rings. The second-order valence-electron chi connectivity index (χ2n) is 6.18. The molecule has 0 aromatic carbocycles. The van der Waals surface area contributed by atoms with Gasteiger partial charge in [0.2, 0.25) is 0 Å². The van der Waals surface area contributed by atoms with Crippen LogP contribution in [0, 0.1) is 0 Å². The lowest BCUT2D eigenvalue weighted by atomic mass is 9.97. The molecule has 9 heteroatoms. The van der Waals surface area contributed by atoms with Gasteiger partial charge in [0, 0.05) is 7.11 Å². The van der Waals surface area contributed by atoms with Crippen molar-refractivity contribution in [3.8, 4) is 0 Å². The predicted molar refractivity (Wildman–Crippen MR) is 73.5 cm³/mol. The zero-order valence-electron chi connectivity index (χ0n) is 13.0. The van der Waals surface area contributed by atoms with E-state index in [1.165, 1.54) is 7.11 Å². The van der Waals surface area contributed by atoms with Gasteiger partial charge in [-0.25, -0.2) is 0 Å². The van der Waals surface area contributed by atoms with Crippen molar-refractivity contribution in [1.82, 2.24) is 0 Å². The summed E-state index contributed by atoms with van der Waals surface area (Å²) in [5.41, 5.74) is 0. The molecule has 4 N–H and O–H groups in total. The fraction of sp³-hybridized carbons (Fsp3) is 1.00. The van der Waals surface area contributed by atoms with Gasteiger partial charge in [-0.1, -0.05) is 0 Å². The summed E-state index contributed by atoms with van der Waals surface area (Å²) in [4.78, 5) is 0. The van der Waals surface area contributed by atoms with Crippen molar-refractivity contribution in [3.63, 3.8) is 0 Å². The Labute approximate surface area is 133 Å². The predicted octanol–water partition coefficient (Wildman–Crippen LogP) is -2.63. The normalized spacial score (nSPS) is 53.5. The topological polar surface area (TPSA) is 127 Å². The molecule has 0 amide bonds. The first-order valence-electron chi connectivity index (χ1n) is 7.73. The molecule has 0 spiro atoms. The van der Waals surface area contributed by atoms with Crippen LogP contribution in [-0.2, 0) is 23.7 Å². The van der Waals surface area contributed by atoms with Crippen LogP contribution in [0.4, 0.5) is 0 Å². The van der Waals surface area contributed by atoms with Gasteiger partial charge in [-0.05, 0) is 6.92 Å². The number of fused-ring (bicyclic) bond motifs is 2. The largest absolute Gasteiger partial charge is 0.394 e. The first-order valence-corrected chi connectivity index (χ1v) is 7.73. The number of methoxy groups -OCH3 is 1. The number of ether oxygens (including phenoxy) is 5. The van der Waals surface area contributed by atoms with Crippen molar-refractivity contribution >= 4 is 0 Å². The lowest BCUT2D eigenvalue weighted by molar-refractivity contribution is -0.330. The lowest BCUT2D eigenvalue weighted by Gasteiger charge is -2.44. The zero-order chi connectivity index (χ0) is 16.7. The van der Waals surface area contributed by atoms with Gasteiger partial charge in [0.1, 0.15) is 48.8 Å². The van der Waals surface area contributed by atoms with Crippen molar-refractivity contribution in [2.75, 3.05) is 20.3 Å². The van der Waals surface area contributed by atoms with E-state index in [1.807, 2.05) is 0 Å². The second-order valence-corrected chi connectivity index (χ2v) is 6.18. The fourth-order valence-electron chi connectivity index (χ4n) is 3.40. The molecule has 0 aliphatic carbocycles. The second kappa shape index (κ2) is 6.87. The Hall–Kier alpha value is -0.360. The van der Waals surface area contributed by atoms with Crippen LogP contribution in [0.15, 0.2) is 0 Å². The Bertz CT molecular complexity index is 408. The summed E-state index contributed by atoms with van der Waals surface area (Å²) in [6.45, 7) is 1.58. The highest BCUT2D eigenvalue weighted by atomic mass is 16.7. The monoisotopic (exact) mass is 336 g/mol. The quantitative estimate of drug-likeness (QED) is 0.436. The smallest absolute Gasteiger partial charge is 0.187 e. The van der Waals surface area contributed by atoms with Gasteiger partial charge in [0.25, 0.3) is 0 Å². The van der Waals surface area contributed by atoms with Gasteiger partial charge in [0.15, 0.2) is 6.29 Å². The van der Waals surface area contributed by atoms with E-state index < -0.39 is 55.6 Å². The van der Waals surface area contributed by atoms with Crippen LogP contribution in [0.1, 0.15) is 6.92 Å². The number of hydrogen-bond donors (Lipinski definition) is 4. The summed E-state index contributed by atoms with van der Waals surface area (Å²) < 4.78 is 27.5. The highest BCUT2D eigenvalue weighted by Crippen LogP contribution is 2.34. The molecule has 9 nitrogen and oxygen atoms in total. The molecule has 3 aliphatic heterocycles. The molecule has 23 heavy (non-hydrogen) atoms. The molecule has 0 radical (unpaired) electrons. The Balaban J connectivity index is 1.72. The fourth-order valence-corrected chi connectivity index (χ4v) is 3.40. The van der Waals surface area contributed by atoms with E-state index in [4.69, 9.17) is 23.7 Å². The van der Waals surface area contributed by atoms with E-state index in [0.717, 1.165) is 0 Å². The maximum absolute atomic E-state index is 10.3. The van der Waals surface area contributed by atoms with E-state index in [0.29, 0.717) is 0 Å². The number of rotatable bonds is 4. The molecule has 0 aromatic rings. The number of aliphatic hydroxyl groups is 4. The van der Waals surface area contributed by atoms with Gasteiger partial charge in [-0.15, -0.1) is 0 Å². The maximum atomic E-state index is 10.3. The van der Waals surface area contributed by atoms with Crippen molar-refractivity contribution in [2.24, 2.45) is 0 Å². The van der Waals surface area contributed by atoms with E-state index in [2.05, 4.69) is 0 Å². The van der Waals surface area contributed by atoms with Gasteiger partial charge in [0.05, 0.1) is 19.3 Å². The first kappa shape index (κ1) is 17.5. The van der Waals surface area contributed by atoms with Gasteiger partial charge in [-0.3, -0.25) is 0 Å². The Kier molecular flexibility index (Phi) is 5.21. The summed E-state index contributed by atoms with van der Waals surface area (Å²) in [5, 5.41) is 39.7. The third-order valence-corrected chi connectivity index (χ3v) is 4.74. The van der Waals surface area contributed by atoms with E-state index in [9.17, 15) is 20.4 Å². The Morgan fingerprint density at radius 2 is 1.78 bits per heavy atom. The highest BCUT2D eigenvalue weighted by molar-refractivity contribution is 4.99. The van der Waals surface area contributed by atoms with Crippen LogP contribution < -0.4 is 0 Å². The van der Waals surface area contributed by atoms with Gasteiger partial charge < -0.3 is 44.1 Å². The molecular formula is C14H24O9. The first-order chi connectivity index (χ1) is 11.0. The average molecular weight is 336 g/mol. The molecule has 3 aliphatic rings. The summed E-state index contributed by atoms with van der Waals surface area (Å²) in [5.74, 6) is 0. The Morgan fingerprint density at radius 3 is 2.43 bits per heavy atom. The SMILES string of the molecule is CO[C@@H]1C(O)[C@H](O[C@H]2C3OC[C@H]2O[C@H](C)C3O)OC(CO)[C@@H]1O. The van der Waals surface area contributed by atoms with Gasteiger partial charge >= 0.3 is 0 Å². The minimum absolute atomic E-state index is 0.277. The number of aliphatic hydroxyl groups excluding tert-OH is 4. The standard InChI is InChI=1S/C14H24O9/c1-5-8(16)13-11(7(21-5)4-20-13)23-14-10(18)12(19-2)9(17)6(3-15)22-14/h5-18H,3-4H2,1-2H3/t5-,6?,7-,8?,9+,10?,11-,12+,13?,14+/m1/s1. The van der Waals surface area contributed by atoms with Crippen molar-refractivity contribution in [3.05, 3.63) is 0 Å². The van der Waals surface area contributed by atoms with E-state index >= 15 is 0 Å². The minimum Gasteiger partial charge on any atom is -0.394 e. The third-order valence-electron chi connectivity index (χ3n) is 4.74. The summed E-state index contributed by atoms with van der Waals surface area (Å²) in [6, 6.07) is 0. The molecule has 3 saturated heterocycles.